The van der Waals surface area contributed by atoms with E-state index in [0.29, 0.717) is 28.2 Å². The Labute approximate surface area is 141 Å². The number of nitrogens with one attached hydrogen (secondary N) is 1. The Morgan fingerprint density at radius 3 is 2.64 bits per heavy atom. The molecule has 0 spiro atoms. The SMILES string of the molecule is CC(C)CCCC(O)Nc1ccn(-c2ccc(Cl)c(Cl)c2)n1. The minimum absolute atomic E-state index is 0.484. The van der Waals surface area contributed by atoms with Crippen LogP contribution < -0.4 is 5.32 Å². The molecular formula is C16H21Cl2N3O. The Balaban J connectivity index is 1.94. The van der Waals surface area contributed by atoms with Crippen molar-refractivity contribution in [3.63, 3.8) is 0 Å². The number of halogens is 2. The van der Waals surface area contributed by atoms with Crippen molar-refractivity contribution in [2.75, 3.05) is 5.32 Å². The van der Waals surface area contributed by atoms with Crippen LogP contribution in [0.15, 0.2) is 30.5 Å². The van der Waals surface area contributed by atoms with Gasteiger partial charge in [-0.15, -0.1) is 0 Å². The molecule has 0 fully saturated rings. The third-order valence-corrected chi connectivity index (χ3v) is 4.07. The van der Waals surface area contributed by atoms with E-state index < -0.39 is 6.23 Å². The summed E-state index contributed by atoms with van der Waals surface area (Å²) in [7, 11) is 0. The second kappa shape index (κ2) is 7.86. The van der Waals surface area contributed by atoms with E-state index in [9.17, 15) is 5.11 Å². The van der Waals surface area contributed by atoms with Crippen LogP contribution in [0.1, 0.15) is 33.1 Å². The molecule has 2 rings (SSSR count). The minimum atomic E-state index is -0.587. The topological polar surface area (TPSA) is 50.1 Å². The molecule has 1 aromatic carbocycles. The Bertz CT molecular complexity index is 613. The van der Waals surface area contributed by atoms with E-state index in [1.54, 1.807) is 16.8 Å². The minimum Gasteiger partial charge on any atom is -0.374 e. The highest BCUT2D eigenvalue weighted by molar-refractivity contribution is 6.42. The van der Waals surface area contributed by atoms with Gasteiger partial charge in [0.25, 0.3) is 0 Å². The van der Waals surface area contributed by atoms with Gasteiger partial charge in [0, 0.05) is 12.3 Å². The normalized spacial score (nSPS) is 12.6. The lowest BCUT2D eigenvalue weighted by Gasteiger charge is -2.12. The standard InChI is InChI=1S/C16H21Cl2N3O/c1-11(2)4-3-5-16(22)19-15-8-9-21(20-15)12-6-7-13(17)14(18)10-12/h6-11,16,22H,3-5H2,1-2H3,(H,19,20). The number of nitrogens with zero attached hydrogens (tertiary/aromatic N) is 2. The number of benzene rings is 1. The molecule has 0 saturated heterocycles. The summed E-state index contributed by atoms with van der Waals surface area (Å²) in [5.41, 5.74) is 0.816. The van der Waals surface area contributed by atoms with Crippen molar-refractivity contribution in [1.29, 1.82) is 0 Å². The van der Waals surface area contributed by atoms with Gasteiger partial charge in [0.05, 0.1) is 15.7 Å². The van der Waals surface area contributed by atoms with Crippen molar-refractivity contribution in [3.8, 4) is 5.69 Å². The maximum Gasteiger partial charge on any atom is 0.150 e. The number of aliphatic hydroxyl groups excluding tert-OH is 1. The molecule has 6 heteroatoms. The average molecular weight is 342 g/mol. The zero-order valence-electron chi connectivity index (χ0n) is 12.8. The monoisotopic (exact) mass is 341 g/mol. The molecule has 4 nitrogen and oxygen atoms in total. The quantitative estimate of drug-likeness (QED) is 0.715. The average Bonchev–Trinajstić information content (AvgIpc) is 2.90. The number of hydrogen-bond donors (Lipinski definition) is 2. The van der Waals surface area contributed by atoms with E-state index >= 15 is 0 Å². The van der Waals surface area contributed by atoms with Crippen molar-refractivity contribution in [3.05, 3.63) is 40.5 Å². The Kier molecular flexibility index (Phi) is 6.12. The second-order valence-electron chi connectivity index (χ2n) is 5.73. The molecule has 0 bridgehead atoms. The van der Waals surface area contributed by atoms with Crippen LogP contribution in [0, 0.1) is 5.92 Å². The van der Waals surface area contributed by atoms with Crippen LogP contribution in [0.5, 0.6) is 0 Å². The summed E-state index contributed by atoms with van der Waals surface area (Å²) < 4.78 is 1.69. The molecule has 22 heavy (non-hydrogen) atoms. The van der Waals surface area contributed by atoms with Crippen molar-refractivity contribution >= 4 is 29.0 Å². The highest BCUT2D eigenvalue weighted by Crippen LogP contribution is 2.24. The molecular weight excluding hydrogens is 321 g/mol. The predicted octanol–water partition coefficient (Wildman–Crippen LogP) is 4.74. The number of anilines is 1. The molecule has 120 valence electrons. The maximum atomic E-state index is 9.98. The fourth-order valence-corrected chi connectivity index (χ4v) is 2.43. The van der Waals surface area contributed by atoms with Gasteiger partial charge in [-0.05, 0) is 37.0 Å². The van der Waals surface area contributed by atoms with Crippen LogP contribution in [-0.4, -0.2) is 21.1 Å². The van der Waals surface area contributed by atoms with Gasteiger partial charge < -0.3 is 10.4 Å². The van der Waals surface area contributed by atoms with E-state index in [4.69, 9.17) is 23.2 Å². The van der Waals surface area contributed by atoms with Crippen LogP contribution in [-0.2, 0) is 0 Å². The van der Waals surface area contributed by atoms with Crippen LogP contribution in [0.25, 0.3) is 5.69 Å². The number of aliphatic hydroxyl groups is 1. The van der Waals surface area contributed by atoms with Crippen molar-refractivity contribution < 1.29 is 5.11 Å². The molecule has 0 aliphatic rings. The lowest BCUT2D eigenvalue weighted by molar-refractivity contribution is 0.187. The van der Waals surface area contributed by atoms with Gasteiger partial charge in [-0.3, -0.25) is 0 Å². The van der Waals surface area contributed by atoms with Crippen LogP contribution in [0.3, 0.4) is 0 Å². The van der Waals surface area contributed by atoms with E-state index in [2.05, 4.69) is 24.3 Å². The molecule has 0 aliphatic heterocycles. The first-order valence-corrected chi connectivity index (χ1v) is 8.17. The molecule has 1 heterocycles. The second-order valence-corrected chi connectivity index (χ2v) is 6.54. The van der Waals surface area contributed by atoms with Gasteiger partial charge in [0.1, 0.15) is 12.0 Å². The molecule has 0 radical (unpaired) electrons. The fourth-order valence-electron chi connectivity index (χ4n) is 2.13. The molecule has 1 unspecified atom stereocenters. The van der Waals surface area contributed by atoms with Crippen molar-refractivity contribution in [1.82, 2.24) is 9.78 Å². The van der Waals surface area contributed by atoms with Crippen LogP contribution in [0.2, 0.25) is 10.0 Å². The van der Waals surface area contributed by atoms with Gasteiger partial charge in [-0.2, -0.15) is 5.10 Å². The molecule has 0 saturated carbocycles. The van der Waals surface area contributed by atoms with E-state index in [1.807, 2.05) is 18.3 Å². The van der Waals surface area contributed by atoms with E-state index in [0.717, 1.165) is 18.5 Å². The smallest absolute Gasteiger partial charge is 0.150 e. The number of rotatable bonds is 7. The summed E-state index contributed by atoms with van der Waals surface area (Å²) in [5.74, 6) is 1.28. The zero-order chi connectivity index (χ0) is 16.1. The largest absolute Gasteiger partial charge is 0.374 e. The van der Waals surface area contributed by atoms with Gasteiger partial charge in [-0.25, -0.2) is 4.68 Å². The van der Waals surface area contributed by atoms with Crippen LogP contribution >= 0.6 is 23.2 Å². The predicted molar refractivity (Wildman–Crippen MR) is 91.9 cm³/mol. The first-order chi connectivity index (χ1) is 10.5. The third kappa shape index (κ3) is 4.90. The lowest BCUT2D eigenvalue weighted by atomic mass is 10.1. The first-order valence-electron chi connectivity index (χ1n) is 7.41. The molecule has 0 aliphatic carbocycles. The van der Waals surface area contributed by atoms with Gasteiger partial charge >= 0.3 is 0 Å². The Morgan fingerprint density at radius 2 is 1.95 bits per heavy atom. The lowest BCUT2D eigenvalue weighted by Crippen LogP contribution is -2.19. The first kappa shape index (κ1) is 17.1. The van der Waals surface area contributed by atoms with Gasteiger partial charge in [0.15, 0.2) is 0 Å². The summed E-state index contributed by atoms with van der Waals surface area (Å²) in [5, 5.41) is 18.3. The molecule has 0 amide bonds. The summed E-state index contributed by atoms with van der Waals surface area (Å²) in [6.07, 6.45) is 4.02. The Morgan fingerprint density at radius 1 is 1.18 bits per heavy atom. The molecule has 1 aromatic heterocycles. The molecule has 1 atom stereocenters. The van der Waals surface area contributed by atoms with Crippen molar-refractivity contribution in [2.24, 2.45) is 5.92 Å². The molecule has 2 aromatic rings. The number of hydrogen-bond acceptors (Lipinski definition) is 3. The summed E-state index contributed by atoms with van der Waals surface area (Å²) in [6, 6.07) is 7.13. The Hall–Kier alpha value is -1.23. The zero-order valence-corrected chi connectivity index (χ0v) is 14.3. The highest BCUT2D eigenvalue weighted by Gasteiger charge is 2.08. The van der Waals surface area contributed by atoms with E-state index in [-0.39, 0.29) is 0 Å². The van der Waals surface area contributed by atoms with Gasteiger partial charge in [0.2, 0.25) is 0 Å². The van der Waals surface area contributed by atoms with E-state index in [1.165, 1.54) is 0 Å². The number of aromatic nitrogens is 2. The van der Waals surface area contributed by atoms with Crippen LogP contribution in [0.4, 0.5) is 5.82 Å². The summed E-state index contributed by atoms with van der Waals surface area (Å²) in [4.78, 5) is 0. The highest BCUT2D eigenvalue weighted by atomic mass is 35.5. The van der Waals surface area contributed by atoms with Gasteiger partial charge in [-0.1, -0.05) is 43.5 Å². The van der Waals surface area contributed by atoms with Crippen molar-refractivity contribution in [2.45, 2.75) is 39.3 Å². The molecule has 2 N–H and O–H groups in total. The fraction of sp³-hybridized carbons (Fsp3) is 0.438. The maximum absolute atomic E-state index is 9.98. The summed E-state index contributed by atoms with van der Waals surface area (Å²) >= 11 is 11.9. The summed E-state index contributed by atoms with van der Waals surface area (Å²) in [6.45, 7) is 4.36. The third-order valence-electron chi connectivity index (χ3n) is 3.33.